The van der Waals surface area contributed by atoms with Gasteiger partial charge in [0.2, 0.25) is 0 Å². The van der Waals surface area contributed by atoms with E-state index in [0.717, 1.165) is 6.54 Å². The van der Waals surface area contributed by atoms with Crippen LogP contribution in [0.3, 0.4) is 0 Å². The van der Waals surface area contributed by atoms with Crippen molar-refractivity contribution in [1.29, 1.82) is 0 Å². The molecule has 2 heteroatoms. The van der Waals surface area contributed by atoms with Crippen molar-refractivity contribution < 1.29 is 0 Å². The molecule has 0 bridgehead atoms. The van der Waals surface area contributed by atoms with E-state index in [1.807, 2.05) is 6.07 Å². The largest absolute Gasteiger partial charge is 0.314 e. The number of hydrogen-bond acceptors (Lipinski definition) is 2. The van der Waals surface area contributed by atoms with Gasteiger partial charge in [-0.25, -0.2) is 0 Å². The molecule has 0 aliphatic heterocycles. The molecule has 0 heterocycles. The van der Waals surface area contributed by atoms with E-state index in [9.17, 15) is 0 Å². The van der Waals surface area contributed by atoms with Gasteiger partial charge < -0.3 is 5.32 Å². The lowest BCUT2D eigenvalue weighted by atomic mass is 9.84. The third-order valence-electron chi connectivity index (χ3n) is 3.87. The minimum absolute atomic E-state index is 0.500. The van der Waals surface area contributed by atoms with Gasteiger partial charge in [0.05, 0.1) is 6.04 Å². The molecule has 2 rings (SSSR count). The zero-order valence-electron chi connectivity index (χ0n) is 12.2. The number of nitrogens with zero attached hydrogens (tertiary/aromatic N) is 1. The van der Waals surface area contributed by atoms with Gasteiger partial charge in [-0.05, 0) is 24.3 Å². The molecular formula is C17H26N2. The van der Waals surface area contributed by atoms with Crippen LogP contribution in [0.5, 0.6) is 0 Å². The van der Waals surface area contributed by atoms with Crippen LogP contribution in [0.4, 0.5) is 0 Å². The zero-order chi connectivity index (χ0) is 13.5. The molecule has 2 atom stereocenters. The Bertz CT molecular complexity index is 384. The summed E-state index contributed by atoms with van der Waals surface area (Å²) in [5, 5.41) is 3.57. The normalized spacial score (nSPS) is 24.2. The van der Waals surface area contributed by atoms with Gasteiger partial charge in [-0.15, -0.1) is 0 Å². The van der Waals surface area contributed by atoms with Crippen molar-refractivity contribution in [2.24, 2.45) is 10.9 Å². The number of aliphatic imine (C=N–C) groups is 1. The number of hydrogen-bond donors (Lipinski definition) is 1. The van der Waals surface area contributed by atoms with Gasteiger partial charge in [-0.1, -0.05) is 57.0 Å². The lowest BCUT2D eigenvalue weighted by Gasteiger charge is -2.29. The van der Waals surface area contributed by atoms with Crippen LogP contribution in [0.25, 0.3) is 0 Å². The van der Waals surface area contributed by atoms with Crippen molar-refractivity contribution in [2.45, 2.75) is 51.6 Å². The Balaban J connectivity index is 1.93. The summed E-state index contributed by atoms with van der Waals surface area (Å²) in [6.45, 7) is 5.53. The van der Waals surface area contributed by atoms with Crippen LogP contribution < -0.4 is 5.32 Å². The summed E-state index contributed by atoms with van der Waals surface area (Å²) in [6, 6.07) is 11.5. The Kier molecular flexibility index (Phi) is 5.59. The fraction of sp³-hybridized carbons (Fsp3) is 0.588. The van der Waals surface area contributed by atoms with Gasteiger partial charge in [0, 0.05) is 18.8 Å². The molecule has 1 aliphatic carbocycles. The summed E-state index contributed by atoms with van der Waals surface area (Å²) < 4.78 is 0. The summed E-state index contributed by atoms with van der Waals surface area (Å²) in [5.41, 5.74) is 1.21. The van der Waals surface area contributed by atoms with Crippen molar-refractivity contribution >= 4 is 6.21 Å². The fourth-order valence-corrected chi connectivity index (χ4v) is 2.73. The highest BCUT2D eigenvalue weighted by Crippen LogP contribution is 2.26. The van der Waals surface area contributed by atoms with Crippen LogP contribution in [0.2, 0.25) is 0 Å². The second-order valence-electron chi connectivity index (χ2n) is 5.86. The second kappa shape index (κ2) is 7.44. The standard InChI is InChI=1S/C17H26N2/c1-14(2)18-13-16-10-6-7-11-17(16)19-12-15-8-4-3-5-9-15/h3-5,8-9,12,14,16-18H,6-7,10-11,13H2,1-2H3/t16-,17-/m1/s1. The molecule has 0 saturated heterocycles. The van der Waals surface area contributed by atoms with Crippen molar-refractivity contribution in [1.82, 2.24) is 5.32 Å². The van der Waals surface area contributed by atoms with Crippen LogP contribution in [-0.2, 0) is 0 Å². The highest BCUT2D eigenvalue weighted by molar-refractivity contribution is 5.79. The van der Waals surface area contributed by atoms with E-state index in [2.05, 4.69) is 49.6 Å². The molecule has 19 heavy (non-hydrogen) atoms. The topological polar surface area (TPSA) is 24.4 Å². The maximum absolute atomic E-state index is 4.85. The lowest BCUT2D eigenvalue weighted by Crippen LogP contribution is -2.36. The van der Waals surface area contributed by atoms with E-state index in [-0.39, 0.29) is 0 Å². The average molecular weight is 258 g/mol. The van der Waals surface area contributed by atoms with Crippen LogP contribution in [0.1, 0.15) is 45.1 Å². The van der Waals surface area contributed by atoms with E-state index >= 15 is 0 Å². The van der Waals surface area contributed by atoms with Crippen molar-refractivity contribution in [2.75, 3.05) is 6.54 Å². The quantitative estimate of drug-likeness (QED) is 0.801. The molecule has 104 valence electrons. The Morgan fingerprint density at radius 3 is 2.68 bits per heavy atom. The van der Waals surface area contributed by atoms with Crippen molar-refractivity contribution in [3.05, 3.63) is 35.9 Å². The second-order valence-corrected chi connectivity index (χ2v) is 5.86. The van der Waals surface area contributed by atoms with E-state index in [1.54, 1.807) is 0 Å². The molecule has 1 fully saturated rings. The maximum Gasteiger partial charge on any atom is 0.0540 e. The van der Waals surface area contributed by atoms with Gasteiger partial charge in [-0.2, -0.15) is 0 Å². The van der Waals surface area contributed by atoms with E-state index in [1.165, 1.54) is 31.2 Å². The lowest BCUT2D eigenvalue weighted by molar-refractivity contribution is 0.293. The zero-order valence-corrected chi connectivity index (χ0v) is 12.2. The van der Waals surface area contributed by atoms with Crippen molar-refractivity contribution in [3.63, 3.8) is 0 Å². The number of rotatable bonds is 5. The predicted octanol–water partition coefficient (Wildman–Crippen LogP) is 3.66. The first kappa shape index (κ1) is 14.3. The minimum Gasteiger partial charge on any atom is -0.314 e. The Morgan fingerprint density at radius 2 is 1.95 bits per heavy atom. The van der Waals surface area contributed by atoms with Gasteiger partial charge in [0.1, 0.15) is 0 Å². The van der Waals surface area contributed by atoms with E-state index in [4.69, 9.17) is 4.99 Å². The SMILES string of the molecule is CC(C)NC[C@H]1CCCC[C@H]1N=Cc1ccccc1. The van der Waals surface area contributed by atoms with Gasteiger partial charge >= 0.3 is 0 Å². The first-order valence-electron chi connectivity index (χ1n) is 7.57. The van der Waals surface area contributed by atoms with Crippen molar-refractivity contribution in [3.8, 4) is 0 Å². The van der Waals surface area contributed by atoms with Gasteiger partial charge in [-0.3, -0.25) is 4.99 Å². The summed E-state index contributed by atoms with van der Waals surface area (Å²) in [6.07, 6.45) is 7.30. The molecule has 0 unspecified atom stereocenters. The summed E-state index contributed by atoms with van der Waals surface area (Å²) in [7, 11) is 0. The Hall–Kier alpha value is -1.15. The molecule has 0 aromatic heterocycles. The highest BCUT2D eigenvalue weighted by Gasteiger charge is 2.23. The van der Waals surface area contributed by atoms with Gasteiger partial charge in [0.15, 0.2) is 0 Å². The van der Waals surface area contributed by atoms with Crippen LogP contribution in [0.15, 0.2) is 35.3 Å². The highest BCUT2D eigenvalue weighted by atomic mass is 14.9. The molecule has 2 nitrogen and oxygen atoms in total. The number of nitrogens with one attached hydrogen (secondary N) is 1. The molecule has 1 aliphatic rings. The average Bonchev–Trinajstić information content (AvgIpc) is 2.45. The molecule has 1 aromatic carbocycles. The first-order valence-corrected chi connectivity index (χ1v) is 7.57. The summed E-state index contributed by atoms with van der Waals surface area (Å²) in [5.74, 6) is 0.705. The van der Waals surface area contributed by atoms with Crippen LogP contribution in [0, 0.1) is 5.92 Å². The summed E-state index contributed by atoms with van der Waals surface area (Å²) >= 11 is 0. The molecule has 0 radical (unpaired) electrons. The first-order chi connectivity index (χ1) is 9.25. The third kappa shape index (κ3) is 4.79. The van der Waals surface area contributed by atoms with Crippen LogP contribution in [-0.4, -0.2) is 24.8 Å². The predicted molar refractivity (Wildman–Crippen MR) is 82.9 cm³/mol. The molecule has 0 spiro atoms. The smallest absolute Gasteiger partial charge is 0.0540 e. The minimum atomic E-state index is 0.500. The van der Waals surface area contributed by atoms with E-state index in [0.29, 0.717) is 18.0 Å². The molecular weight excluding hydrogens is 232 g/mol. The Morgan fingerprint density at radius 1 is 1.21 bits per heavy atom. The van der Waals surface area contributed by atoms with E-state index < -0.39 is 0 Å². The molecule has 1 N–H and O–H groups in total. The Labute approximate surface area is 117 Å². The third-order valence-corrected chi connectivity index (χ3v) is 3.87. The molecule has 1 saturated carbocycles. The molecule has 1 aromatic rings. The van der Waals surface area contributed by atoms with Crippen LogP contribution >= 0.6 is 0 Å². The summed E-state index contributed by atoms with van der Waals surface area (Å²) in [4.78, 5) is 4.85. The maximum atomic E-state index is 4.85. The molecule has 0 amide bonds. The fourth-order valence-electron chi connectivity index (χ4n) is 2.73. The van der Waals surface area contributed by atoms with Gasteiger partial charge in [0.25, 0.3) is 0 Å². The number of benzene rings is 1. The monoisotopic (exact) mass is 258 g/mol.